The Morgan fingerprint density at radius 3 is 2.86 bits per heavy atom. The number of aromatic nitrogens is 1. The minimum absolute atomic E-state index is 0.0569. The topological polar surface area (TPSA) is 49.0 Å². The monoisotopic (exact) mass is 344 g/mol. The minimum atomic E-state index is -0.428. The molecule has 4 heteroatoms. The van der Waals surface area contributed by atoms with E-state index in [-0.39, 0.29) is 5.41 Å². The fraction of sp³-hybridized carbons (Fsp3) is 0.353. The Kier molecular flexibility index (Phi) is 3.43. The predicted octanol–water partition coefficient (Wildman–Crippen LogP) is 4.12. The number of nitriles is 1. The van der Waals surface area contributed by atoms with Gasteiger partial charge < -0.3 is 9.67 Å². The van der Waals surface area contributed by atoms with Crippen molar-refractivity contribution in [3.63, 3.8) is 0 Å². The van der Waals surface area contributed by atoms with Crippen LogP contribution in [0.1, 0.15) is 43.2 Å². The lowest BCUT2D eigenvalue weighted by Gasteiger charge is -2.34. The molecule has 1 atom stereocenters. The maximum atomic E-state index is 10.4. The van der Waals surface area contributed by atoms with Crippen LogP contribution in [0.3, 0.4) is 0 Å². The number of halogens is 1. The van der Waals surface area contributed by atoms with Gasteiger partial charge in [0.15, 0.2) is 0 Å². The summed E-state index contributed by atoms with van der Waals surface area (Å²) < 4.78 is 2.98. The zero-order chi connectivity index (χ0) is 15.2. The molecule has 1 aromatic heterocycles. The molecule has 0 fully saturated rings. The van der Waals surface area contributed by atoms with Gasteiger partial charge in [-0.2, -0.15) is 5.26 Å². The van der Waals surface area contributed by atoms with Crippen molar-refractivity contribution in [2.75, 3.05) is 0 Å². The van der Waals surface area contributed by atoms with E-state index < -0.39 is 6.10 Å². The molecule has 3 rings (SSSR count). The number of nitrogens with zero attached hydrogens (tertiary/aromatic N) is 2. The lowest BCUT2D eigenvalue weighted by molar-refractivity contribution is 0.0987. The van der Waals surface area contributed by atoms with Crippen molar-refractivity contribution in [3.8, 4) is 11.8 Å². The zero-order valence-corrected chi connectivity index (χ0v) is 13.7. The van der Waals surface area contributed by atoms with E-state index in [1.54, 1.807) is 0 Å². The lowest BCUT2D eigenvalue weighted by Crippen LogP contribution is -2.26. The van der Waals surface area contributed by atoms with Gasteiger partial charge in [-0.1, -0.05) is 29.8 Å². The van der Waals surface area contributed by atoms with Crippen LogP contribution in [-0.4, -0.2) is 9.67 Å². The van der Waals surface area contributed by atoms with Crippen molar-refractivity contribution in [1.29, 1.82) is 5.26 Å². The van der Waals surface area contributed by atoms with Crippen LogP contribution in [0.2, 0.25) is 0 Å². The highest BCUT2D eigenvalue weighted by molar-refractivity contribution is 9.10. The third-order valence-electron chi connectivity index (χ3n) is 4.12. The number of hydrogen-bond donors (Lipinski definition) is 1. The van der Waals surface area contributed by atoms with Crippen molar-refractivity contribution in [2.45, 2.75) is 32.8 Å². The molecule has 1 aliphatic rings. The number of rotatable bonds is 1. The first kappa shape index (κ1) is 14.4. The predicted molar refractivity (Wildman–Crippen MR) is 85.2 cm³/mol. The van der Waals surface area contributed by atoms with E-state index in [0.29, 0.717) is 5.56 Å². The summed E-state index contributed by atoms with van der Waals surface area (Å²) in [5.41, 5.74) is 3.64. The third kappa shape index (κ3) is 2.52. The highest BCUT2D eigenvalue weighted by atomic mass is 79.9. The normalized spacial score (nSPS) is 19.9. The third-order valence-corrected chi connectivity index (χ3v) is 4.61. The van der Waals surface area contributed by atoms with Crippen molar-refractivity contribution >= 4 is 15.9 Å². The van der Waals surface area contributed by atoms with Crippen molar-refractivity contribution < 1.29 is 5.11 Å². The standard InChI is InChI=1S/C17H17BrN2O/c1-17(2)8-15-13(16(21)9-17)5-6-20(15)14-7-12(18)4-3-11(14)10-19/h3-7,16,21H,8-9H2,1-2H3. The number of aliphatic hydroxyl groups excluding tert-OH is 1. The molecular formula is C17H17BrN2O. The highest BCUT2D eigenvalue weighted by Crippen LogP contribution is 2.42. The van der Waals surface area contributed by atoms with Crippen LogP contribution in [0.4, 0.5) is 0 Å². The van der Waals surface area contributed by atoms with Gasteiger partial charge >= 0.3 is 0 Å². The van der Waals surface area contributed by atoms with Crippen LogP contribution in [0, 0.1) is 16.7 Å². The fourth-order valence-corrected chi connectivity index (χ4v) is 3.50. The van der Waals surface area contributed by atoms with Crippen molar-refractivity contribution in [2.24, 2.45) is 5.41 Å². The molecule has 0 saturated carbocycles. The Balaban J connectivity index is 2.19. The van der Waals surface area contributed by atoms with E-state index in [1.165, 1.54) is 0 Å². The Morgan fingerprint density at radius 1 is 1.38 bits per heavy atom. The lowest BCUT2D eigenvalue weighted by atomic mass is 9.75. The van der Waals surface area contributed by atoms with Gasteiger partial charge in [-0.05, 0) is 42.5 Å². The van der Waals surface area contributed by atoms with Gasteiger partial charge in [-0.25, -0.2) is 0 Å². The van der Waals surface area contributed by atoms with Gasteiger partial charge in [-0.15, -0.1) is 0 Å². The second-order valence-corrected chi connectivity index (χ2v) is 7.34. The first-order valence-corrected chi connectivity index (χ1v) is 7.79. The summed E-state index contributed by atoms with van der Waals surface area (Å²) in [6.07, 6.45) is 3.19. The van der Waals surface area contributed by atoms with Gasteiger partial charge in [0.1, 0.15) is 6.07 Å². The van der Waals surface area contributed by atoms with Gasteiger partial charge in [0.05, 0.1) is 17.4 Å². The Bertz CT molecular complexity index is 740. The quantitative estimate of drug-likeness (QED) is 0.845. The molecule has 1 unspecified atom stereocenters. The Labute approximate surface area is 133 Å². The average Bonchev–Trinajstić information content (AvgIpc) is 2.80. The molecule has 0 bridgehead atoms. The van der Waals surface area contributed by atoms with Gasteiger partial charge in [0, 0.05) is 21.9 Å². The van der Waals surface area contributed by atoms with Gasteiger partial charge in [-0.3, -0.25) is 0 Å². The molecule has 1 heterocycles. The largest absolute Gasteiger partial charge is 0.388 e. The molecule has 0 spiro atoms. The summed E-state index contributed by atoms with van der Waals surface area (Å²) in [4.78, 5) is 0. The molecule has 2 aromatic rings. The van der Waals surface area contributed by atoms with Crippen LogP contribution in [0.15, 0.2) is 34.9 Å². The summed E-state index contributed by atoms with van der Waals surface area (Å²) in [5, 5.41) is 19.7. The Hall–Kier alpha value is -1.57. The summed E-state index contributed by atoms with van der Waals surface area (Å²) in [7, 11) is 0. The van der Waals surface area contributed by atoms with E-state index in [2.05, 4.69) is 35.8 Å². The average molecular weight is 345 g/mol. The molecule has 1 aliphatic carbocycles. The first-order valence-electron chi connectivity index (χ1n) is 6.99. The van der Waals surface area contributed by atoms with E-state index in [9.17, 15) is 10.4 Å². The maximum Gasteiger partial charge on any atom is 0.101 e. The molecule has 21 heavy (non-hydrogen) atoms. The summed E-state index contributed by atoms with van der Waals surface area (Å²) in [5.74, 6) is 0. The van der Waals surface area contributed by atoms with Gasteiger partial charge in [0.25, 0.3) is 0 Å². The number of fused-ring (bicyclic) bond motifs is 1. The van der Waals surface area contributed by atoms with Crippen molar-refractivity contribution in [3.05, 3.63) is 51.8 Å². The fourth-order valence-electron chi connectivity index (χ4n) is 3.15. The molecule has 1 N–H and O–H groups in total. The molecule has 1 aromatic carbocycles. The smallest absolute Gasteiger partial charge is 0.101 e. The molecular weight excluding hydrogens is 328 g/mol. The van der Waals surface area contributed by atoms with Crippen molar-refractivity contribution in [1.82, 2.24) is 4.57 Å². The summed E-state index contributed by atoms with van der Waals surface area (Å²) in [6.45, 7) is 4.34. The van der Waals surface area contributed by atoms with Crippen LogP contribution >= 0.6 is 15.9 Å². The molecule has 0 amide bonds. The summed E-state index contributed by atoms with van der Waals surface area (Å²) in [6, 6.07) is 9.85. The van der Waals surface area contributed by atoms with E-state index in [0.717, 1.165) is 34.3 Å². The molecule has 108 valence electrons. The number of hydrogen-bond acceptors (Lipinski definition) is 2. The zero-order valence-electron chi connectivity index (χ0n) is 12.1. The first-order chi connectivity index (χ1) is 9.91. The molecule has 3 nitrogen and oxygen atoms in total. The van der Waals surface area contributed by atoms with Crippen LogP contribution < -0.4 is 0 Å². The Morgan fingerprint density at radius 2 is 2.14 bits per heavy atom. The van der Waals surface area contributed by atoms with Gasteiger partial charge in [0.2, 0.25) is 0 Å². The van der Waals surface area contributed by atoms with E-state index >= 15 is 0 Å². The second kappa shape index (κ2) is 5.01. The molecule has 0 radical (unpaired) electrons. The summed E-state index contributed by atoms with van der Waals surface area (Å²) >= 11 is 3.47. The van der Waals surface area contributed by atoms with Crippen LogP contribution in [-0.2, 0) is 6.42 Å². The second-order valence-electron chi connectivity index (χ2n) is 6.42. The SMILES string of the molecule is CC1(C)Cc2c(ccn2-c2cc(Br)ccc2C#N)C(O)C1. The van der Waals surface area contributed by atoms with Crippen LogP contribution in [0.5, 0.6) is 0 Å². The minimum Gasteiger partial charge on any atom is -0.388 e. The molecule has 0 saturated heterocycles. The molecule has 0 aliphatic heterocycles. The highest BCUT2D eigenvalue weighted by Gasteiger charge is 2.33. The van der Waals surface area contributed by atoms with Crippen LogP contribution in [0.25, 0.3) is 5.69 Å². The maximum absolute atomic E-state index is 10.4. The van der Waals surface area contributed by atoms with E-state index in [4.69, 9.17) is 0 Å². The van der Waals surface area contributed by atoms with E-state index in [1.807, 2.05) is 35.0 Å². The number of benzene rings is 1. The number of aliphatic hydroxyl groups is 1.